The first-order valence-electron chi connectivity index (χ1n) is 16.7. The zero-order chi connectivity index (χ0) is 32.3. The van der Waals surface area contributed by atoms with Crippen molar-refractivity contribution in [1.29, 1.82) is 0 Å². The van der Waals surface area contributed by atoms with E-state index >= 15 is 0 Å². The molecule has 0 aromatic heterocycles. The van der Waals surface area contributed by atoms with Gasteiger partial charge in [-0.15, -0.1) is 0 Å². The van der Waals surface area contributed by atoms with E-state index in [1.54, 1.807) is 25.1 Å². The van der Waals surface area contributed by atoms with Gasteiger partial charge in [0.25, 0.3) is 0 Å². The number of ether oxygens (including phenoxy) is 1. The summed E-state index contributed by atoms with van der Waals surface area (Å²) >= 11 is 0. The molecule has 3 nitrogen and oxygen atoms in total. The van der Waals surface area contributed by atoms with E-state index in [0.717, 1.165) is 57.8 Å². The Morgan fingerprint density at radius 3 is 1.34 bits per heavy atom. The molecule has 1 aromatic carbocycles. The molecule has 2 atom stereocenters. The number of allylic oxidation sites excluding steroid dienone is 11. The van der Waals surface area contributed by atoms with Gasteiger partial charge in [0.2, 0.25) is 0 Å². The highest BCUT2D eigenvalue weighted by Crippen LogP contribution is 2.57. The normalized spacial score (nSPS) is 22.6. The smallest absolute Gasteiger partial charge is 0.199 e. The predicted octanol–water partition coefficient (Wildman–Crippen LogP) is 11.6. The van der Waals surface area contributed by atoms with Crippen molar-refractivity contribution >= 4 is 11.6 Å². The number of carbonyl (C=O) groups excluding carboxylic acids is 2. The zero-order valence-corrected chi connectivity index (χ0v) is 28.8. The van der Waals surface area contributed by atoms with Crippen LogP contribution in [0.3, 0.4) is 0 Å². The van der Waals surface area contributed by atoms with Gasteiger partial charge >= 0.3 is 0 Å². The van der Waals surface area contributed by atoms with Crippen LogP contribution in [0.5, 0.6) is 0 Å². The van der Waals surface area contributed by atoms with Gasteiger partial charge in [0, 0.05) is 17.5 Å². The quantitative estimate of drug-likeness (QED) is 0.133. The van der Waals surface area contributed by atoms with Crippen molar-refractivity contribution in [3.63, 3.8) is 0 Å². The van der Waals surface area contributed by atoms with Crippen LogP contribution in [0.1, 0.15) is 147 Å². The molecular weight excluding hydrogens is 540 g/mol. The zero-order valence-electron chi connectivity index (χ0n) is 28.8. The molecule has 1 fully saturated rings. The summed E-state index contributed by atoms with van der Waals surface area (Å²) in [6.45, 7) is 17.2. The van der Waals surface area contributed by atoms with Gasteiger partial charge in [-0.25, -0.2) is 0 Å². The Morgan fingerprint density at radius 1 is 0.568 bits per heavy atom. The first-order chi connectivity index (χ1) is 20.9. The van der Waals surface area contributed by atoms with Crippen LogP contribution in [0.25, 0.3) is 0 Å². The van der Waals surface area contributed by atoms with Crippen LogP contribution in [-0.2, 0) is 4.74 Å². The van der Waals surface area contributed by atoms with Crippen molar-refractivity contribution in [1.82, 2.24) is 0 Å². The number of hydrogen-bond donors (Lipinski definition) is 0. The summed E-state index contributed by atoms with van der Waals surface area (Å²) < 4.78 is 5.92. The third-order valence-electron chi connectivity index (χ3n) is 9.28. The number of ketones is 2. The highest BCUT2D eigenvalue weighted by Gasteiger charge is 2.77. The van der Waals surface area contributed by atoms with E-state index in [9.17, 15) is 9.59 Å². The van der Waals surface area contributed by atoms with Crippen LogP contribution >= 0.6 is 0 Å². The van der Waals surface area contributed by atoms with Gasteiger partial charge in [0.1, 0.15) is 0 Å². The summed E-state index contributed by atoms with van der Waals surface area (Å²) in [7, 11) is 0. The van der Waals surface area contributed by atoms with E-state index < -0.39 is 11.2 Å². The maximum atomic E-state index is 13.3. The van der Waals surface area contributed by atoms with Crippen LogP contribution in [0.2, 0.25) is 0 Å². The first-order valence-corrected chi connectivity index (χ1v) is 16.7. The summed E-state index contributed by atoms with van der Waals surface area (Å²) in [5.74, 6) is -0.137. The molecular formula is C41H56O3. The molecule has 0 N–H and O–H groups in total. The average Bonchev–Trinajstić information content (AvgIpc) is 3.62. The molecule has 1 aliphatic carbocycles. The van der Waals surface area contributed by atoms with Crippen LogP contribution in [0, 0.1) is 0 Å². The van der Waals surface area contributed by atoms with Crippen molar-refractivity contribution in [2.45, 2.75) is 137 Å². The SMILES string of the molecule is CC(C)=CCC/C(C)=C/CC/C(C)=C/CC/C(C)=C/CC/C(C)=C/CC/C(C)=C/CC12OC1(C)C(=O)c1ccccc1C2=O. The van der Waals surface area contributed by atoms with Crippen molar-refractivity contribution in [3.05, 3.63) is 105 Å². The molecule has 0 bridgehead atoms. The highest BCUT2D eigenvalue weighted by molar-refractivity contribution is 6.25. The Balaban J connectivity index is 1.34. The topological polar surface area (TPSA) is 46.7 Å². The molecule has 1 saturated heterocycles. The summed E-state index contributed by atoms with van der Waals surface area (Å²) in [4.78, 5) is 26.3. The second-order valence-corrected chi connectivity index (χ2v) is 13.6. The minimum atomic E-state index is -1.04. The molecule has 3 heteroatoms. The lowest BCUT2D eigenvalue weighted by molar-refractivity contribution is 0.0847. The predicted molar refractivity (Wildman–Crippen MR) is 186 cm³/mol. The second kappa shape index (κ2) is 16.3. The second-order valence-electron chi connectivity index (χ2n) is 13.6. The third-order valence-corrected chi connectivity index (χ3v) is 9.28. The van der Waals surface area contributed by atoms with Gasteiger partial charge in [-0.3, -0.25) is 9.59 Å². The molecule has 0 spiro atoms. The maximum Gasteiger partial charge on any atom is 0.199 e. The lowest BCUT2D eigenvalue weighted by atomic mass is 9.73. The number of epoxide rings is 1. The molecule has 3 rings (SSSR count). The van der Waals surface area contributed by atoms with Crippen molar-refractivity contribution in [2.75, 3.05) is 0 Å². The van der Waals surface area contributed by atoms with E-state index in [1.165, 1.54) is 39.9 Å². The summed E-state index contributed by atoms with van der Waals surface area (Å²) in [6.07, 6.45) is 25.4. The number of fused-ring (bicyclic) bond motifs is 2. The Hall–Kier alpha value is -3.04. The third kappa shape index (κ3) is 9.48. The van der Waals surface area contributed by atoms with Crippen molar-refractivity contribution in [2.24, 2.45) is 0 Å². The average molecular weight is 597 g/mol. The standard InChI is InChI=1S/C41H56O3/c1-30(2)16-11-17-31(3)18-12-19-32(4)20-13-21-33(5)22-14-23-34(6)24-15-25-35(7)28-29-41-39(43)37-27-10-9-26-36(37)38(42)40(41,8)44-41/h9-10,16,18,20,22,24,26-28H,11-15,17,19,21,23,25,29H2,1-8H3/b31-18+,32-20+,33-22+,34-24+,35-28+. The molecule has 2 aliphatic rings. The van der Waals surface area contributed by atoms with Crippen LogP contribution in [-0.4, -0.2) is 22.8 Å². The van der Waals surface area contributed by atoms with E-state index in [0.29, 0.717) is 17.5 Å². The maximum absolute atomic E-state index is 13.3. The van der Waals surface area contributed by atoms with E-state index in [1.807, 2.05) is 6.07 Å². The fraction of sp³-hybridized carbons (Fsp3) is 0.512. The first kappa shape index (κ1) is 35.4. The van der Waals surface area contributed by atoms with E-state index in [2.05, 4.69) is 84.9 Å². The number of rotatable bonds is 17. The van der Waals surface area contributed by atoms with Gasteiger partial charge < -0.3 is 4.74 Å². The fourth-order valence-electron chi connectivity index (χ4n) is 6.10. The van der Waals surface area contributed by atoms with Gasteiger partial charge in [0.05, 0.1) is 0 Å². The Kier molecular flexibility index (Phi) is 13.1. The molecule has 238 valence electrons. The van der Waals surface area contributed by atoms with Gasteiger partial charge in [-0.2, -0.15) is 0 Å². The monoisotopic (exact) mass is 596 g/mol. The van der Waals surface area contributed by atoms with Crippen LogP contribution < -0.4 is 0 Å². The fourth-order valence-corrected chi connectivity index (χ4v) is 6.10. The molecule has 1 heterocycles. The number of hydrogen-bond acceptors (Lipinski definition) is 3. The Labute approximate surface area is 267 Å². The minimum Gasteiger partial charge on any atom is -0.345 e. The number of carbonyl (C=O) groups is 2. The Bertz CT molecular complexity index is 1370. The molecule has 2 unspecified atom stereocenters. The molecule has 1 aliphatic heterocycles. The molecule has 1 aromatic rings. The van der Waals surface area contributed by atoms with Gasteiger partial charge in [-0.05, 0) is 120 Å². The van der Waals surface area contributed by atoms with Crippen molar-refractivity contribution < 1.29 is 14.3 Å². The lowest BCUT2D eigenvalue weighted by Crippen LogP contribution is -2.43. The lowest BCUT2D eigenvalue weighted by Gasteiger charge is -2.22. The van der Waals surface area contributed by atoms with Gasteiger partial charge in [-0.1, -0.05) is 94.2 Å². The highest BCUT2D eigenvalue weighted by atomic mass is 16.6. The Morgan fingerprint density at radius 2 is 0.932 bits per heavy atom. The van der Waals surface area contributed by atoms with Crippen molar-refractivity contribution in [3.8, 4) is 0 Å². The van der Waals surface area contributed by atoms with E-state index in [-0.39, 0.29) is 11.6 Å². The number of Topliss-reactive ketones (excluding diaryl/α,β-unsaturated/α-hetero) is 2. The molecule has 0 radical (unpaired) electrons. The van der Waals surface area contributed by atoms with Crippen LogP contribution in [0.4, 0.5) is 0 Å². The minimum absolute atomic E-state index is 0.0614. The molecule has 44 heavy (non-hydrogen) atoms. The summed E-state index contributed by atoms with van der Waals surface area (Å²) in [5, 5.41) is 0. The summed E-state index contributed by atoms with van der Waals surface area (Å²) in [6, 6.07) is 7.09. The molecule has 0 amide bonds. The van der Waals surface area contributed by atoms with E-state index in [4.69, 9.17) is 4.74 Å². The molecule has 0 saturated carbocycles. The van der Waals surface area contributed by atoms with Crippen LogP contribution in [0.15, 0.2) is 94.2 Å². The largest absolute Gasteiger partial charge is 0.345 e. The van der Waals surface area contributed by atoms with Gasteiger partial charge in [0.15, 0.2) is 22.8 Å². The summed E-state index contributed by atoms with van der Waals surface area (Å²) in [5.41, 5.74) is 7.44. The number of benzene rings is 1.